The maximum absolute atomic E-state index is 5.91. The molecule has 0 radical (unpaired) electrons. The van der Waals surface area contributed by atoms with E-state index < -0.39 is 0 Å². The Hall–Kier alpha value is -1.90. The monoisotopic (exact) mass is 270 g/mol. The third-order valence-corrected chi connectivity index (χ3v) is 3.84. The highest BCUT2D eigenvalue weighted by atomic mass is 16.5. The van der Waals surface area contributed by atoms with Crippen LogP contribution in [0.3, 0.4) is 0 Å². The Balaban J connectivity index is 1.74. The molecule has 0 atom stereocenters. The van der Waals surface area contributed by atoms with E-state index in [1.54, 1.807) is 0 Å². The smallest absolute Gasteiger partial charge is 0.123 e. The highest BCUT2D eigenvalue weighted by molar-refractivity contribution is 5.42. The fourth-order valence-electron chi connectivity index (χ4n) is 2.86. The Kier molecular flexibility index (Phi) is 3.00. The molecule has 3 heteroatoms. The molecule has 0 amide bonds. The largest absolute Gasteiger partial charge is 0.487 e. The van der Waals surface area contributed by atoms with Crippen molar-refractivity contribution in [3.8, 4) is 5.75 Å². The summed E-state index contributed by atoms with van der Waals surface area (Å²) in [6.07, 6.45) is 0.984. The molecular weight excluding hydrogens is 248 g/mol. The van der Waals surface area contributed by atoms with Gasteiger partial charge in [0.15, 0.2) is 0 Å². The highest BCUT2D eigenvalue weighted by Crippen LogP contribution is 2.35. The summed E-state index contributed by atoms with van der Waals surface area (Å²) in [7, 11) is 0. The molecule has 20 heavy (non-hydrogen) atoms. The number of aromatic nitrogens is 1. The molecule has 1 aliphatic heterocycles. The van der Waals surface area contributed by atoms with E-state index in [0.29, 0.717) is 0 Å². The first-order chi connectivity index (χ1) is 9.44. The van der Waals surface area contributed by atoms with Crippen LogP contribution in [0.4, 0.5) is 0 Å². The van der Waals surface area contributed by atoms with Gasteiger partial charge in [-0.1, -0.05) is 12.1 Å². The lowest BCUT2D eigenvalue weighted by atomic mass is 10.0. The van der Waals surface area contributed by atoms with Crippen LogP contribution in [-0.4, -0.2) is 10.3 Å². The second-order valence-electron chi connectivity index (χ2n) is 6.27. The van der Waals surface area contributed by atoms with Gasteiger partial charge in [0, 0.05) is 17.8 Å². The summed E-state index contributed by atoms with van der Waals surface area (Å²) in [5.41, 5.74) is 8.46. The van der Waals surface area contributed by atoms with Gasteiger partial charge in [-0.2, -0.15) is 0 Å². The van der Waals surface area contributed by atoms with Gasteiger partial charge in [-0.25, -0.2) is 0 Å². The first-order valence-corrected chi connectivity index (χ1v) is 7.14. The van der Waals surface area contributed by atoms with E-state index in [-0.39, 0.29) is 5.60 Å². The topological polar surface area (TPSA) is 26.2 Å². The van der Waals surface area contributed by atoms with E-state index in [2.05, 4.69) is 68.1 Å². The summed E-state index contributed by atoms with van der Waals surface area (Å²) in [6, 6.07) is 10.7. The molecule has 1 aromatic heterocycles. The maximum atomic E-state index is 5.91. The quantitative estimate of drug-likeness (QED) is 0.923. The summed E-state index contributed by atoms with van der Waals surface area (Å²) < 4.78 is 8.04. The van der Waals surface area contributed by atoms with Crippen LogP contribution in [0.15, 0.2) is 30.3 Å². The van der Waals surface area contributed by atoms with Crippen molar-refractivity contribution < 1.29 is 4.74 Å². The number of nitrogens with zero attached hydrogens (tertiary/aromatic N) is 1. The number of aryl methyl sites for hydroxylation is 2. The lowest BCUT2D eigenvalue weighted by Crippen LogP contribution is -2.24. The minimum absolute atomic E-state index is 0.0675. The van der Waals surface area contributed by atoms with Gasteiger partial charge in [0.2, 0.25) is 0 Å². The molecule has 0 fully saturated rings. The number of hydrogen-bond acceptors (Lipinski definition) is 2. The second-order valence-corrected chi connectivity index (χ2v) is 6.27. The molecule has 0 bridgehead atoms. The molecule has 0 spiro atoms. The third kappa shape index (κ3) is 2.40. The lowest BCUT2D eigenvalue weighted by molar-refractivity contribution is 0.138. The van der Waals surface area contributed by atoms with Crippen LogP contribution in [0.25, 0.3) is 0 Å². The van der Waals surface area contributed by atoms with Crippen LogP contribution in [0.5, 0.6) is 5.75 Å². The lowest BCUT2D eigenvalue weighted by Gasteiger charge is -2.16. The zero-order chi connectivity index (χ0) is 14.3. The molecule has 1 aromatic carbocycles. The number of rotatable bonds is 3. The van der Waals surface area contributed by atoms with Crippen molar-refractivity contribution in [2.24, 2.45) is 0 Å². The molecule has 1 N–H and O–H groups in total. The van der Waals surface area contributed by atoms with Crippen molar-refractivity contribution >= 4 is 0 Å². The summed E-state index contributed by atoms with van der Waals surface area (Å²) in [5.74, 6) is 1.03. The fourth-order valence-corrected chi connectivity index (χ4v) is 2.86. The maximum Gasteiger partial charge on any atom is 0.123 e. The van der Waals surface area contributed by atoms with Crippen LogP contribution >= 0.6 is 0 Å². The van der Waals surface area contributed by atoms with Crippen molar-refractivity contribution in [3.63, 3.8) is 0 Å². The number of hydrogen-bond donors (Lipinski definition) is 1. The van der Waals surface area contributed by atoms with Crippen molar-refractivity contribution in [3.05, 3.63) is 52.8 Å². The molecule has 2 aromatic rings. The van der Waals surface area contributed by atoms with Gasteiger partial charge in [0.25, 0.3) is 0 Å². The van der Waals surface area contributed by atoms with Gasteiger partial charge in [-0.3, -0.25) is 4.68 Å². The van der Waals surface area contributed by atoms with Gasteiger partial charge in [0.05, 0.1) is 6.54 Å². The molecule has 2 heterocycles. The highest BCUT2D eigenvalue weighted by Gasteiger charge is 2.29. The molecule has 0 aliphatic carbocycles. The Morgan fingerprint density at radius 1 is 1.15 bits per heavy atom. The van der Waals surface area contributed by atoms with Crippen molar-refractivity contribution in [1.82, 2.24) is 4.68 Å². The molecule has 1 aliphatic rings. The van der Waals surface area contributed by atoms with Gasteiger partial charge in [0.1, 0.15) is 11.4 Å². The van der Waals surface area contributed by atoms with Crippen molar-refractivity contribution in [2.75, 3.05) is 5.43 Å². The number of fused-ring (bicyclic) bond motifs is 1. The number of ether oxygens (including phenoxy) is 1. The Bertz CT molecular complexity index is 621. The molecule has 0 saturated heterocycles. The van der Waals surface area contributed by atoms with Crippen LogP contribution in [0, 0.1) is 13.8 Å². The first kappa shape index (κ1) is 13.1. The summed E-state index contributed by atoms with van der Waals surface area (Å²) in [5, 5.41) is 0. The molecule has 106 valence electrons. The average Bonchev–Trinajstić information content (AvgIpc) is 2.85. The molecule has 3 rings (SSSR count). The Labute approximate surface area is 120 Å². The van der Waals surface area contributed by atoms with Crippen LogP contribution in [-0.2, 0) is 13.0 Å². The molecule has 3 nitrogen and oxygen atoms in total. The van der Waals surface area contributed by atoms with Gasteiger partial charge in [-0.15, -0.1) is 0 Å². The zero-order valence-corrected chi connectivity index (χ0v) is 12.7. The van der Waals surface area contributed by atoms with E-state index in [1.807, 2.05) is 0 Å². The second kappa shape index (κ2) is 4.58. The minimum atomic E-state index is -0.0675. The Morgan fingerprint density at radius 2 is 1.85 bits per heavy atom. The van der Waals surface area contributed by atoms with E-state index in [9.17, 15) is 0 Å². The zero-order valence-electron chi connectivity index (χ0n) is 12.7. The van der Waals surface area contributed by atoms with E-state index >= 15 is 0 Å². The molecule has 0 saturated carbocycles. The van der Waals surface area contributed by atoms with E-state index in [0.717, 1.165) is 18.7 Å². The predicted octanol–water partition coefficient (Wildman–Crippen LogP) is 3.56. The first-order valence-electron chi connectivity index (χ1n) is 7.14. The normalized spacial score (nSPS) is 15.8. The SMILES string of the molecule is Cc1ccc(C)n1NCc1ccc2c(c1)CC(C)(C)O2. The Morgan fingerprint density at radius 3 is 2.55 bits per heavy atom. The number of nitrogens with one attached hydrogen (secondary N) is 1. The average molecular weight is 270 g/mol. The summed E-state index contributed by atoms with van der Waals surface area (Å²) in [6.45, 7) is 9.32. The molecule has 0 unspecified atom stereocenters. The van der Waals surface area contributed by atoms with Crippen molar-refractivity contribution in [2.45, 2.75) is 46.3 Å². The van der Waals surface area contributed by atoms with Crippen LogP contribution in [0.2, 0.25) is 0 Å². The standard InChI is InChI=1S/C17H22N2O/c1-12-5-6-13(2)19(12)18-11-14-7-8-16-15(9-14)10-17(3,4)20-16/h5-9,18H,10-11H2,1-4H3. The van der Waals surface area contributed by atoms with Gasteiger partial charge < -0.3 is 10.2 Å². The van der Waals surface area contributed by atoms with Gasteiger partial charge in [-0.05, 0) is 57.0 Å². The van der Waals surface area contributed by atoms with Crippen LogP contribution < -0.4 is 10.2 Å². The predicted molar refractivity (Wildman–Crippen MR) is 81.8 cm³/mol. The number of benzene rings is 1. The van der Waals surface area contributed by atoms with Crippen LogP contribution in [0.1, 0.15) is 36.4 Å². The van der Waals surface area contributed by atoms with Crippen molar-refractivity contribution in [1.29, 1.82) is 0 Å². The third-order valence-electron chi connectivity index (χ3n) is 3.84. The minimum Gasteiger partial charge on any atom is -0.487 e. The molecular formula is C17H22N2O. The summed E-state index contributed by atoms with van der Waals surface area (Å²) >= 11 is 0. The fraction of sp³-hybridized carbons (Fsp3) is 0.412. The van der Waals surface area contributed by atoms with E-state index in [4.69, 9.17) is 4.74 Å². The summed E-state index contributed by atoms with van der Waals surface area (Å²) in [4.78, 5) is 0. The van der Waals surface area contributed by atoms with E-state index in [1.165, 1.54) is 22.5 Å². The van der Waals surface area contributed by atoms with Gasteiger partial charge >= 0.3 is 0 Å².